The topological polar surface area (TPSA) is 58.8 Å². The fourth-order valence-electron chi connectivity index (χ4n) is 2.39. The molecular weight excluding hydrogens is 266 g/mol. The molecule has 1 aliphatic heterocycles. The van der Waals surface area contributed by atoms with Crippen LogP contribution in [0.1, 0.15) is 13.8 Å². The van der Waals surface area contributed by atoms with E-state index in [1.54, 1.807) is 13.8 Å². The van der Waals surface area contributed by atoms with Gasteiger partial charge in [0.25, 0.3) is 0 Å². The second-order valence-corrected chi connectivity index (χ2v) is 6.02. The van der Waals surface area contributed by atoms with Gasteiger partial charge >= 0.3 is 0 Å². The fourth-order valence-corrected chi connectivity index (χ4v) is 2.39. The summed E-state index contributed by atoms with van der Waals surface area (Å²) >= 11 is 0. The Bertz CT molecular complexity index is 448. The van der Waals surface area contributed by atoms with Gasteiger partial charge in [-0.05, 0) is 26.0 Å². The van der Waals surface area contributed by atoms with Gasteiger partial charge in [-0.25, -0.2) is 0 Å². The predicted molar refractivity (Wildman–Crippen MR) is 83.2 cm³/mol. The number of nitrogens with zero attached hydrogens (tertiary/aromatic N) is 2. The van der Waals surface area contributed by atoms with E-state index >= 15 is 0 Å². The molecular formula is C16H25N3O2. The summed E-state index contributed by atoms with van der Waals surface area (Å²) in [5.74, 6) is 0.930. The highest BCUT2D eigenvalue weighted by atomic mass is 16.5. The highest BCUT2D eigenvalue weighted by Gasteiger charge is 2.29. The van der Waals surface area contributed by atoms with Crippen LogP contribution in [0, 0.1) is 0 Å². The second kappa shape index (κ2) is 6.91. The van der Waals surface area contributed by atoms with Crippen LogP contribution in [0.4, 0.5) is 0 Å². The minimum Gasteiger partial charge on any atom is -0.492 e. The number of rotatable bonds is 5. The molecule has 0 radical (unpaired) electrons. The molecule has 1 saturated heterocycles. The maximum Gasteiger partial charge on any atom is 0.242 e. The smallest absolute Gasteiger partial charge is 0.242 e. The Hall–Kier alpha value is -1.59. The summed E-state index contributed by atoms with van der Waals surface area (Å²) in [5, 5.41) is 0. The molecule has 0 unspecified atom stereocenters. The monoisotopic (exact) mass is 291 g/mol. The van der Waals surface area contributed by atoms with Gasteiger partial charge in [-0.2, -0.15) is 0 Å². The molecule has 5 heteroatoms. The van der Waals surface area contributed by atoms with Gasteiger partial charge in [-0.3, -0.25) is 9.69 Å². The number of carbonyl (C=O) groups excluding carboxylic acids is 1. The number of amides is 1. The van der Waals surface area contributed by atoms with E-state index in [2.05, 4.69) is 4.90 Å². The first-order valence-electron chi connectivity index (χ1n) is 7.45. The second-order valence-electron chi connectivity index (χ2n) is 6.02. The standard InChI is InChI=1S/C16H25N3O2/c1-16(2,17)15(20)19-10-8-18(9-11-19)12-13-21-14-6-4-3-5-7-14/h3-7H,8-13,17H2,1-2H3. The Morgan fingerprint density at radius 2 is 1.81 bits per heavy atom. The molecule has 0 aromatic heterocycles. The maximum atomic E-state index is 12.1. The van der Waals surface area contributed by atoms with E-state index in [-0.39, 0.29) is 5.91 Å². The van der Waals surface area contributed by atoms with Crippen molar-refractivity contribution >= 4 is 5.91 Å². The van der Waals surface area contributed by atoms with Crippen LogP contribution in [0.5, 0.6) is 5.75 Å². The summed E-state index contributed by atoms with van der Waals surface area (Å²) < 4.78 is 5.70. The lowest BCUT2D eigenvalue weighted by Crippen LogP contribution is -2.57. The average molecular weight is 291 g/mol. The van der Waals surface area contributed by atoms with Gasteiger partial charge in [-0.1, -0.05) is 18.2 Å². The number of hydrogen-bond acceptors (Lipinski definition) is 4. The summed E-state index contributed by atoms with van der Waals surface area (Å²) in [5.41, 5.74) is 5.09. The van der Waals surface area contributed by atoms with Crippen molar-refractivity contribution in [3.05, 3.63) is 30.3 Å². The molecule has 0 spiro atoms. The molecule has 21 heavy (non-hydrogen) atoms. The quantitative estimate of drug-likeness (QED) is 0.877. The average Bonchev–Trinajstić information content (AvgIpc) is 2.47. The minimum atomic E-state index is -0.779. The number of para-hydroxylation sites is 1. The lowest BCUT2D eigenvalue weighted by atomic mass is 10.0. The van der Waals surface area contributed by atoms with Crippen LogP contribution in [0.15, 0.2) is 30.3 Å². The first-order chi connectivity index (χ1) is 9.97. The first kappa shape index (κ1) is 15.8. The van der Waals surface area contributed by atoms with Crippen molar-refractivity contribution in [1.82, 2.24) is 9.80 Å². The summed E-state index contributed by atoms with van der Waals surface area (Å²) in [6, 6.07) is 9.82. The highest BCUT2D eigenvalue weighted by Crippen LogP contribution is 2.10. The van der Waals surface area contributed by atoms with Crippen LogP contribution in [0.2, 0.25) is 0 Å². The van der Waals surface area contributed by atoms with Crippen LogP contribution >= 0.6 is 0 Å². The Balaban J connectivity index is 1.69. The molecule has 1 heterocycles. The van der Waals surface area contributed by atoms with E-state index in [1.165, 1.54) is 0 Å². The van der Waals surface area contributed by atoms with E-state index in [0.29, 0.717) is 6.61 Å². The summed E-state index contributed by atoms with van der Waals surface area (Å²) in [4.78, 5) is 16.3. The number of hydrogen-bond donors (Lipinski definition) is 1. The molecule has 5 nitrogen and oxygen atoms in total. The molecule has 2 N–H and O–H groups in total. The van der Waals surface area contributed by atoms with Crippen LogP contribution in [-0.4, -0.2) is 60.6 Å². The van der Waals surface area contributed by atoms with Crippen LogP contribution in [0.3, 0.4) is 0 Å². The summed E-state index contributed by atoms with van der Waals surface area (Å²) in [7, 11) is 0. The van der Waals surface area contributed by atoms with Crippen molar-refractivity contribution in [1.29, 1.82) is 0 Å². The van der Waals surface area contributed by atoms with Crippen LogP contribution in [0.25, 0.3) is 0 Å². The highest BCUT2D eigenvalue weighted by molar-refractivity contribution is 5.85. The molecule has 116 valence electrons. The number of benzene rings is 1. The van der Waals surface area contributed by atoms with Gasteiger partial charge < -0.3 is 15.4 Å². The fraction of sp³-hybridized carbons (Fsp3) is 0.562. The van der Waals surface area contributed by atoms with Crippen molar-refractivity contribution in [3.63, 3.8) is 0 Å². The van der Waals surface area contributed by atoms with E-state index < -0.39 is 5.54 Å². The van der Waals surface area contributed by atoms with Gasteiger partial charge in [-0.15, -0.1) is 0 Å². The molecule has 1 amide bonds. The van der Waals surface area contributed by atoms with E-state index in [4.69, 9.17) is 10.5 Å². The first-order valence-corrected chi connectivity index (χ1v) is 7.45. The van der Waals surface area contributed by atoms with E-state index in [0.717, 1.165) is 38.5 Å². The zero-order chi connectivity index (χ0) is 15.3. The molecule has 0 saturated carbocycles. The Kier molecular flexibility index (Phi) is 5.20. The SMILES string of the molecule is CC(C)(N)C(=O)N1CCN(CCOc2ccccc2)CC1. The van der Waals surface area contributed by atoms with Gasteiger partial charge in [0, 0.05) is 32.7 Å². The number of piperazine rings is 1. The van der Waals surface area contributed by atoms with Crippen LogP contribution in [-0.2, 0) is 4.79 Å². The third-order valence-corrected chi connectivity index (χ3v) is 3.63. The largest absolute Gasteiger partial charge is 0.492 e. The van der Waals surface area contributed by atoms with Gasteiger partial charge in [0.05, 0.1) is 5.54 Å². The van der Waals surface area contributed by atoms with Crippen LogP contribution < -0.4 is 10.5 Å². The van der Waals surface area contributed by atoms with Crippen molar-refractivity contribution in [2.75, 3.05) is 39.3 Å². The molecule has 2 rings (SSSR count). The normalized spacial score (nSPS) is 16.8. The molecule has 0 atom stereocenters. The van der Waals surface area contributed by atoms with Crippen molar-refractivity contribution in [2.24, 2.45) is 5.73 Å². The molecule has 1 aromatic carbocycles. The van der Waals surface area contributed by atoms with Crippen molar-refractivity contribution < 1.29 is 9.53 Å². The molecule has 0 aliphatic carbocycles. The number of carbonyl (C=O) groups is 1. The number of ether oxygens (including phenoxy) is 1. The lowest BCUT2D eigenvalue weighted by Gasteiger charge is -2.37. The zero-order valence-electron chi connectivity index (χ0n) is 12.9. The molecule has 1 aromatic rings. The maximum absolute atomic E-state index is 12.1. The number of nitrogens with two attached hydrogens (primary N) is 1. The van der Waals surface area contributed by atoms with Gasteiger partial charge in [0.15, 0.2) is 0 Å². The third kappa shape index (κ3) is 4.72. The minimum absolute atomic E-state index is 0.0303. The third-order valence-electron chi connectivity index (χ3n) is 3.63. The summed E-state index contributed by atoms with van der Waals surface area (Å²) in [6.45, 7) is 8.30. The van der Waals surface area contributed by atoms with E-state index in [9.17, 15) is 4.79 Å². The molecule has 1 aliphatic rings. The van der Waals surface area contributed by atoms with Crippen molar-refractivity contribution in [2.45, 2.75) is 19.4 Å². The Morgan fingerprint density at radius 1 is 1.19 bits per heavy atom. The summed E-state index contributed by atoms with van der Waals surface area (Å²) in [6.07, 6.45) is 0. The van der Waals surface area contributed by atoms with Gasteiger partial charge in [0.1, 0.15) is 12.4 Å². The lowest BCUT2D eigenvalue weighted by molar-refractivity contribution is -0.137. The predicted octanol–water partition coefficient (Wildman–Crippen LogP) is 0.947. The Morgan fingerprint density at radius 3 is 2.38 bits per heavy atom. The molecule has 0 bridgehead atoms. The van der Waals surface area contributed by atoms with Crippen molar-refractivity contribution in [3.8, 4) is 5.75 Å². The van der Waals surface area contributed by atoms with E-state index in [1.807, 2.05) is 35.2 Å². The molecule has 1 fully saturated rings. The zero-order valence-corrected chi connectivity index (χ0v) is 12.9. The Labute approximate surface area is 126 Å². The van der Waals surface area contributed by atoms with Gasteiger partial charge in [0.2, 0.25) is 5.91 Å².